The molecule has 1 aromatic rings. The predicted octanol–water partition coefficient (Wildman–Crippen LogP) is 2.10. The molecule has 1 fully saturated rings. The van der Waals surface area contributed by atoms with Gasteiger partial charge in [-0.1, -0.05) is 11.6 Å². The predicted molar refractivity (Wildman–Crippen MR) is 60.4 cm³/mol. The summed E-state index contributed by atoms with van der Waals surface area (Å²) in [6.07, 6.45) is 3.24. The summed E-state index contributed by atoms with van der Waals surface area (Å²) >= 11 is 7.18. The van der Waals surface area contributed by atoms with Crippen LogP contribution in [0.5, 0.6) is 0 Å². The van der Waals surface area contributed by atoms with Crippen molar-refractivity contribution in [2.45, 2.75) is 19.1 Å². The standard InChI is InChI=1S/C8H11ClN2OS.ClH/c9-8-11-4-7(13-8)5-12-6-1-2-10-3-6;/h4,6,10H,1-3,5H2;1H/t6-;/m1./s1. The number of nitrogens with zero attached hydrogens (tertiary/aromatic N) is 1. The van der Waals surface area contributed by atoms with Gasteiger partial charge < -0.3 is 10.1 Å². The molecule has 1 aromatic heterocycles. The zero-order valence-corrected chi connectivity index (χ0v) is 9.92. The molecule has 14 heavy (non-hydrogen) atoms. The number of aromatic nitrogens is 1. The molecule has 6 heteroatoms. The zero-order valence-electron chi connectivity index (χ0n) is 7.53. The average molecular weight is 255 g/mol. The van der Waals surface area contributed by atoms with Crippen molar-refractivity contribution in [1.29, 1.82) is 0 Å². The minimum absolute atomic E-state index is 0. The first-order valence-corrected chi connectivity index (χ1v) is 5.46. The Kier molecular flexibility index (Phi) is 5.12. The van der Waals surface area contributed by atoms with Crippen molar-refractivity contribution in [3.8, 4) is 0 Å². The summed E-state index contributed by atoms with van der Waals surface area (Å²) in [5.41, 5.74) is 0. The lowest BCUT2D eigenvalue weighted by atomic mass is 10.3. The summed E-state index contributed by atoms with van der Waals surface area (Å²) in [4.78, 5) is 5.04. The van der Waals surface area contributed by atoms with Gasteiger partial charge >= 0.3 is 0 Å². The van der Waals surface area contributed by atoms with E-state index in [2.05, 4.69) is 10.3 Å². The highest BCUT2D eigenvalue weighted by Crippen LogP contribution is 2.19. The van der Waals surface area contributed by atoms with E-state index >= 15 is 0 Å². The molecule has 0 amide bonds. The first-order valence-electron chi connectivity index (χ1n) is 4.27. The molecular weight excluding hydrogens is 243 g/mol. The summed E-state index contributed by atoms with van der Waals surface area (Å²) in [7, 11) is 0. The minimum atomic E-state index is 0. The fourth-order valence-electron chi connectivity index (χ4n) is 1.32. The maximum atomic E-state index is 5.70. The molecule has 1 saturated heterocycles. The van der Waals surface area contributed by atoms with Crippen LogP contribution in [0.15, 0.2) is 6.20 Å². The highest BCUT2D eigenvalue weighted by Gasteiger charge is 2.14. The van der Waals surface area contributed by atoms with Gasteiger partial charge in [0.25, 0.3) is 0 Å². The molecule has 0 saturated carbocycles. The summed E-state index contributed by atoms with van der Waals surface area (Å²) in [5.74, 6) is 0. The number of thiazole rings is 1. The van der Waals surface area contributed by atoms with Crippen LogP contribution in [-0.2, 0) is 11.3 Å². The van der Waals surface area contributed by atoms with Crippen LogP contribution in [0.4, 0.5) is 0 Å². The topological polar surface area (TPSA) is 34.1 Å². The van der Waals surface area contributed by atoms with E-state index in [1.54, 1.807) is 6.20 Å². The maximum Gasteiger partial charge on any atom is 0.183 e. The molecule has 80 valence electrons. The monoisotopic (exact) mass is 254 g/mol. The van der Waals surface area contributed by atoms with E-state index in [0.717, 1.165) is 24.4 Å². The molecule has 0 aromatic carbocycles. The van der Waals surface area contributed by atoms with Crippen LogP contribution in [0.1, 0.15) is 11.3 Å². The van der Waals surface area contributed by atoms with E-state index in [1.165, 1.54) is 11.3 Å². The van der Waals surface area contributed by atoms with E-state index in [0.29, 0.717) is 17.2 Å². The molecular formula is C8H12Cl2N2OS. The molecule has 1 N–H and O–H groups in total. The van der Waals surface area contributed by atoms with Crippen molar-refractivity contribution in [3.63, 3.8) is 0 Å². The van der Waals surface area contributed by atoms with Crippen molar-refractivity contribution in [1.82, 2.24) is 10.3 Å². The number of hydrogen-bond acceptors (Lipinski definition) is 4. The second-order valence-corrected chi connectivity index (χ2v) is 4.70. The van der Waals surface area contributed by atoms with Gasteiger partial charge in [0.15, 0.2) is 4.47 Å². The van der Waals surface area contributed by atoms with Gasteiger partial charge in [0.05, 0.1) is 17.6 Å². The molecule has 0 unspecified atom stereocenters. The Balaban J connectivity index is 0.000000980. The summed E-state index contributed by atoms with van der Waals surface area (Å²) in [6.45, 7) is 2.66. The fourth-order valence-corrected chi connectivity index (χ4v) is 2.22. The molecule has 0 bridgehead atoms. The van der Waals surface area contributed by atoms with Crippen LogP contribution in [0.2, 0.25) is 4.47 Å². The Labute approximate surface area is 98.2 Å². The van der Waals surface area contributed by atoms with Crippen molar-refractivity contribution in [3.05, 3.63) is 15.5 Å². The fraction of sp³-hybridized carbons (Fsp3) is 0.625. The second kappa shape index (κ2) is 5.88. The number of nitrogens with one attached hydrogen (secondary N) is 1. The van der Waals surface area contributed by atoms with Crippen molar-refractivity contribution < 1.29 is 4.74 Å². The van der Waals surface area contributed by atoms with Gasteiger partial charge in [-0.3, -0.25) is 0 Å². The lowest BCUT2D eigenvalue weighted by molar-refractivity contribution is 0.0558. The molecule has 0 aliphatic carbocycles. The Bertz CT molecular complexity index is 276. The van der Waals surface area contributed by atoms with Crippen LogP contribution in [0.25, 0.3) is 0 Å². The van der Waals surface area contributed by atoms with Gasteiger partial charge in [0, 0.05) is 12.7 Å². The lowest BCUT2D eigenvalue weighted by Crippen LogP contribution is -2.16. The molecule has 3 nitrogen and oxygen atoms in total. The molecule has 0 spiro atoms. The van der Waals surface area contributed by atoms with Gasteiger partial charge in [0.2, 0.25) is 0 Å². The third kappa shape index (κ3) is 3.37. The van der Waals surface area contributed by atoms with Crippen LogP contribution in [0, 0.1) is 0 Å². The average Bonchev–Trinajstić information content (AvgIpc) is 2.71. The summed E-state index contributed by atoms with van der Waals surface area (Å²) in [5, 5.41) is 3.25. The number of halogens is 2. The summed E-state index contributed by atoms with van der Waals surface area (Å²) in [6, 6.07) is 0. The molecule has 1 atom stereocenters. The first kappa shape index (κ1) is 12.2. The van der Waals surface area contributed by atoms with Crippen LogP contribution in [0.3, 0.4) is 0 Å². The minimum Gasteiger partial charge on any atom is -0.371 e. The third-order valence-corrected chi connectivity index (χ3v) is 3.09. The number of ether oxygens (including phenoxy) is 1. The van der Waals surface area contributed by atoms with Crippen LogP contribution < -0.4 is 5.32 Å². The summed E-state index contributed by atoms with van der Waals surface area (Å²) < 4.78 is 6.24. The highest BCUT2D eigenvalue weighted by molar-refractivity contribution is 7.15. The largest absolute Gasteiger partial charge is 0.371 e. The van der Waals surface area contributed by atoms with Gasteiger partial charge in [-0.2, -0.15) is 0 Å². The van der Waals surface area contributed by atoms with Crippen molar-refractivity contribution in [2.75, 3.05) is 13.1 Å². The van der Waals surface area contributed by atoms with Gasteiger partial charge in [-0.25, -0.2) is 4.98 Å². The number of hydrogen-bond donors (Lipinski definition) is 1. The molecule has 0 radical (unpaired) electrons. The Hall–Kier alpha value is 0.130. The quantitative estimate of drug-likeness (QED) is 0.898. The molecule has 2 heterocycles. The smallest absolute Gasteiger partial charge is 0.183 e. The Morgan fingerprint density at radius 2 is 2.57 bits per heavy atom. The van der Waals surface area contributed by atoms with Gasteiger partial charge in [-0.15, -0.1) is 23.7 Å². The Morgan fingerprint density at radius 3 is 3.14 bits per heavy atom. The van der Waals surface area contributed by atoms with Crippen molar-refractivity contribution >= 4 is 35.3 Å². The molecule has 2 rings (SSSR count). The van der Waals surface area contributed by atoms with Crippen LogP contribution in [-0.4, -0.2) is 24.2 Å². The van der Waals surface area contributed by atoms with Gasteiger partial charge in [-0.05, 0) is 13.0 Å². The Morgan fingerprint density at radius 1 is 1.71 bits per heavy atom. The number of rotatable bonds is 3. The zero-order chi connectivity index (χ0) is 9.10. The van der Waals surface area contributed by atoms with Gasteiger partial charge in [0.1, 0.15) is 0 Å². The van der Waals surface area contributed by atoms with Crippen molar-refractivity contribution in [2.24, 2.45) is 0 Å². The SMILES string of the molecule is Cl.Clc1ncc(CO[C@@H]2CCNC2)s1. The second-order valence-electron chi connectivity index (χ2n) is 3.01. The molecule has 1 aliphatic heterocycles. The third-order valence-electron chi connectivity index (χ3n) is 2.00. The van der Waals surface area contributed by atoms with E-state index in [4.69, 9.17) is 16.3 Å². The van der Waals surface area contributed by atoms with E-state index in [9.17, 15) is 0 Å². The van der Waals surface area contributed by atoms with E-state index in [-0.39, 0.29) is 12.4 Å². The van der Waals surface area contributed by atoms with E-state index in [1.807, 2.05) is 0 Å². The normalized spacial score (nSPS) is 20.8. The van der Waals surface area contributed by atoms with E-state index < -0.39 is 0 Å². The first-order chi connectivity index (χ1) is 6.34. The lowest BCUT2D eigenvalue weighted by Gasteiger charge is -2.07. The maximum absolute atomic E-state index is 5.70. The van der Waals surface area contributed by atoms with Crippen LogP contribution >= 0.6 is 35.3 Å². The highest BCUT2D eigenvalue weighted by atomic mass is 35.5. The molecule has 1 aliphatic rings.